The molecular formula is C16H14F5O5P. The van der Waals surface area contributed by atoms with E-state index in [9.17, 15) is 26.5 Å². The average Bonchev–Trinajstić information content (AvgIpc) is 2.49. The third-order valence-electron chi connectivity index (χ3n) is 3.16. The van der Waals surface area contributed by atoms with Gasteiger partial charge in [-0.15, -0.1) is 0 Å². The Kier molecular flexibility index (Phi) is 6.33. The number of aryl methyl sites for hydroxylation is 1. The molecule has 0 aliphatic rings. The van der Waals surface area contributed by atoms with E-state index < -0.39 is 43.1 Å². The predicted molar refractivity (Wildman–Crippen MR) is 85.6 cm³/mol. The molecule has 5 nitrogen and oxygen atoms in total. The molecule has 2 aromatic carbocycles. The van der Waals surface area contributed by atoms with E-state index in [1.54, 1.807) is 0 Å². The Morgan fingerprint density at radius 1 is 1.04 bits per heavy atom. The van der Waals surface area contributed by atoms with Gasteiger partial charge in [-0.3, -0.25) is 0 Å². The second-order valence-corrected chi connectivity index (χ2v) is 5.99. The Bertz CT molecular complexity index is 869. The Balaban J connectivity index is 2.61. The normalized spacial score (nSPS) is 12.6. The van der Waals surface area contributed by atoms with Crippen molar-refractivity contribution in [3.63, 3.8) is 0 Å². The van der Waals surface area contributed by atoms with Gasteiger partial charge >= 0.3 is 14.4 Å². The van der Waals surface area contributed by atoms with Crippen LogP contribution in [0.2, 0.25) is 0 Å². The van der Waals surface area contributed by atoms with Crippen LogP contribution in [0.5, 0.6) is 23.0 Å². The van der Waals surface area contributed by atoms with E-state index in [0.717, 1.165) is 6.07 Å². The molecule has 2 aromatic rings. The van der Waals surface area contributed by atoms with E-state index in [2.05, 4.69) is 4.52 Å². The van der Waals surface area contributed by atoms with E-state index >= 15 is 0 Å². The summed E-state index contributed by atoms with van der Waals surface area (Å²) in [6.45, 7) is 2.55. The maximum Gasteiger partial charge on any atom is 0.423 e. The van der Waals surface area contributed by atoms with Crippen molar-refractivity contribution in [2.24, 2.45) is 0 Å². The molecule has 0 spiro atoms. The molecule has 0 amide bonds. The molecule has 0 saturated carbocycles. The number of benzene rings is 2. The molecule has 27 heavy (non-hydrogen) atoms. The van der Waals surface area contributed by atoms with Gasteiger partial charge in [0.05, 0.1) is 6.61 Å². The van der Waals surface area contributed by atoms with Gasteiger partial charge < -0.3 is 18.9 Å². The van der Waals surface area contributed by atoms with Crippen molar-refractivity contribution >= 4 is 8.25 Å². The van der Waals surface area contributed by atoms with Crippen LogP contribution in [-0.4, -0.2) is 11.5 Å². The van der Waals surface area contributed by atoms with Crippen molar-refractivity contribution in [1.29, 1.82) is 0 Å². The molecule has 1 atom stereocenters. The highest BCUT2D eigenvalue weighted by Crippen LogP contribution is 2.47. The lowest BCUT2D eigenvalue weighted by atomic mass is 10.1. The lowest BCUT2D eigenvalue weighted by molar-refractivity contribution is -0.140. The second-order valence-electron chi connectivity index (χ2n) is 5.26. The van der Waals surface area contributed by atoms with Crippen LogP contribution in [0.15, 0.2) is 24.3 Å². The number of hydrogen-bond donors (Lipinski definition) is 1. The summed E-state index contributed by atoms with van der Waals surface area (Å²) in [5.74, 6) is -6.08. The first-order chi connectivity index (χ1) is 12.5. The molecule has 2 rings (SSSR count). The van der Waals surface area contributed by atoms with Crippen molar-refractivity contribution in [3.8, 4) is 23.0 Å². The van der Waals surface area contributed by atoms with Crippen LogP contribution in [0.3, 0.4) is 0 Å². The van der Waals surface area contributed by atoms with Gasteiger partial charge in [0.1, 0.15) is 17.1 Å². The summed E-state index contributed by atoms with van der Waals surface area (Å²) in [5, 5.41) is 0. The Labute approximate surface area is 151 Å². The Hall–Kier alpha value is -2.32. The van der Waals surface area contributed by atoms with E-state index in [4.69, 9.17) is 14.4 Å². The largest absolute Gasteiger partial charge is 0.490 e. The molecule has 0 bridgehead atoms. The van der Waals surface area contributed by atoms with E-state index in [1.165, 1.54) is 26.0 Å². The smallest absolute Gasteiger partial charge is 0.423 e. The van der Waals surface area contributed by atoms with Crippen molar-refractivity contribution in [2.75, 3.05) is 6.61 Å². The Morgan fingerprint density at radius 3 is 2.19 bits per heavy atom. The van der Waals surface area contributed by atoms with Crippen LogP contribution in [0, 0.1) is 18.6 Å². The van der Waals surface area contributed by atoms with Gasteiger partial charge in [0.25, 0.3) is 0 Å². The molecule has 0 heterocycles. The monoisotopic (exact) mass is 412 g/mol. The van der Waals surface area contributed by atoms with Crippen molar-refractivity contribution in [3.05, 3.63) is 47.0 Å². The SMILES string of the molecule is CCOc1c(F)cc(F)c(Oc2cc(C)cc(O[PH](=O)O)c2)c1C(F)(F)F. The lowest BCUT2D eigenvalue weighted by Gasteiger charge is -2.19. The van der Waals surface area contributed by atoms with Gasteiger partial charge in [0.15, 0.2) is 23.1 Å². The number of hydrogen-bond acceptors (Lipinski definition) is 4. The van der Waals surface area contributed by atoms with Crippen LogP contribution in [0.4, 0.5) is 22.0 Å². The molecule has 148 valence electrons. The first-order valence-corrected chi connectivity index (χ1v) is 8.71. The van der Waals surface area contributed by atoms with E-state index in [0.29, 0.717) is 5.56 Å². The van der Waals surface area contributed by atoms with E-state index in [-0.39, 0.29) is 24.2 Å². The fourth-order valence-electron chi connectivity index (χ4n) is 2.28. The minimum absolute atomic E-state index is 0.169. The lowest BCUT2D eigenvalue weighted by Crippen LogP contribution is -2.13. The topological polar surface area (TPSA) is 65.0 Å². The zero-order valence-corrected chi connectivity index (χ0v) is 15.0. The molecule has 11 heteroatoms. The van der Waals surface area contributed by atoms with Gasteiger partial charge in [-0.05, 0) is 31.5 Å². The number of halogens is 5. The number of alkyl halides is 3. The summed E-state index contributed by atoms with van der Waals surface area (Å²) in [4.78, 5) is 8.81. The molecule has 0 aromatic heterocycles. The van der Waals surface area contributed by atoms with Gasteiger partial charge in [-0.1, -0.05) is 0 Å². The zero-order chi connectivity index (χ0) is 20.4. The third-order valence-corrected chi connectivity index (χ3v) is 3.57. The summed E-state index contributed by atoms with van der Waals surface area (Å²) in [6, 6.07) is 3.78. The standard InChI is InChI=1S/C16H14F5O5P/c1-3-24-14-11(17)7-12(18)15(13(14)16(19,20)21)25-9-4-8(2)5-10(6-9)26-27(22)23/h4-7,27H,3H2,1-2H3,(H,22,23). The van der Waals surface area contributed by atoms with Crippen molar-refractivity contribution < 1.29 is 45.4 Å². The third kappa shape index (κ3) is 5.11. The minimum atomic E-state index is -5.18. The molecule has 0 fully saturated rings. The fraction of sp³-hybridized carbons (Fsp3) is 0.250. The van der Waals surface area contributed by atoms with Gasteiger partial charge in [-0.25, -0.2) is 13.3 Å². The summed E-state index contributed by atoms with van der Waals surface area (Å²) < 4.78 is 93.4. The highest BCUT2D eigenvalue weighted by molar-refractivity contribution is 7.32. The van der Waals surface area contributed by atoms with E-state index in [1.807, 2.05) is 0 Å². The predicted octanol–water partition coefficient (Wildman–Crippen LogP) is 5.24. The number of rotatable bonds is 6. The van der Waals surface area contributed by atoms with Gasteiger partial charge in [-0.2, -0.15) is 13.2 Å². The molecule has 0 saturated heterocycles. The number of ether oxygens (including phenoxy) is 2. The molecule has 1 N–H and O–H groups in total. The van der Waals surface area contributed by atoms with Crippen molar-refractivity contribution in [2.45, 2.75) is 20.0 Å². The summed E-state index contributed by atoms with van der Waals surface area (Å²) in [7, 11) is -3.38. The highest BCUT2D eigenvalue weighted by atomic mass is 31.1. The second kappa shape index (κ2) is 8.14. The van der Waals surface area contributed by atoms with Gasteiger partial charge in [0.2, 0.25) is 0 Å². The van der Waals surface area contributed by atoms with Crippen LogP contribution in [-0.2, 0) is 10.7 Å². The maximum absolute atomic E-state index is 14.1. The average molecular weight is 412 g/mol. The highest BCUT2D eigenvalue weighted by Gasteiger charge is 2.42. The summed E-state index contributed by atoms with van der Waals surface area (Å²) in [5.41, 5.74) is -1.35. The summed E-state index contributed by atoms with van der Waals surface area (Å²) >= 11 is 0. The first kappa shape index (κ1) is 21.0. The van der Waals surface area contributed by atoms with Crippen molar-refractivity contribution in [1.82, 2.24) is 0 Å². The first-order valence-electron chi connectivity index (χ1n) is 7.45. The van der Waals surface area contributed by atoms with Crippen LogP contribution >= 0.6 is 8.25 Å². The minimum Gasteiger partial charge on any atom is -0.490 e. The molecular weight excluding hydrogens is 398 g/mol. The molecule has 0 aliphatic carbocycles. The van der Waals surface area contributed by atoms with Crippen LogP contribution in [0.25, 0.3) is 0 Å². The molecule has 0 radical (unpaired) electrons. The molecule has 1 unspecified atom stereocenters. The Morgan fingerprint density at radius 2 is 1.63 bits per heavy atom. The zero-order valence-electron chi connectivity index (χ0n) is 14.0. The summed E-state index contributed by atoms with van der Waals surface area (Å²) in [6.07, 6.45) is -5.18. The fourth-order valence-corrected chi connectivity index (χ4v) is 2.60. The quantitative estimate of drug-likeness (QED) is 0.519. The molecule has 0 aliphatic heterocycles. The van der Waals surface area contributed by atoms with Crippen LogP contribution in [0.1, 0.15) is 18.1 Å². The van der Waals surface area contributed by atoms with Gasteiger partial charge in [0, 0.05) is 12.1 Å². The van der Waals surface area contributed by atoms with Crippen LogP contribution < -0.4 is 14.0 Å². The maximum atomic E-state index is 14.1.